The topological polar surface area (TPSA) is 131 Å². The van der Waals surface area contributed by atoms with E-state index >= 15 is 0 Å². The summed E-state index contributed by atoms with van der Waals surface area (Å²) in [6.45, 7) is 1.13. The van der Waals surface area contributed by atoms with Gasteiger partial charge in [0.2, 0.25) is 5.91 Å². The van der Waals surface area contributed by atoms with E-state index in [0.717, 1.165) is 19.3 Å². The molecule has 0 aliphatic heterocycles. The Bertz CT molecular complexity index is 395. The standard InChI is InChI=1S/C13H23N3O5/c1-21-7-6-13(4-5-13)8-15-12(20)16-9(11(18)19)2-3-10(14)17/h9H,2-8H2,1H3,(H2,14,17)(H,18,19)(H2,15,16,20)/t9-/m0/s1. The number of carboxylic acids is 1. The molecule has 1 saturated carbocycles. The number of amides is 3. The molecule has 0 aromatic rings. The predicted molar refractivity (Wildman–Crippen MR) is 74.5 cm³/mol. The largest absolute Gasteiger partial charge is 0.480 e. The number of aliphatic carboxylic acids is 1. The van der Waals surface area contributed by atoms with Crippen LogP contribution in [0.25, 0.3) is 0 Å². The minimum Gasteiger partial charge on any atom is -0.480 e. The zero-order chi connectivity index (χ0) is 15.9. The quantitative estimate of drug-likeness (QED) is 0.444. The van der Waals surface area contributed by atoms with E-state index in [2.05, 4.69) is 10.6 Å². The highest BCUT2D eigenvalue weighted by Gasteiger charge is 2.42. The van der Waals surface area contributed by atoms with E-state index in [1.165, 1.54) is 0 Å². The first-order valence-corrected chi connectivity index (χ1v) is 6.93. The Kier molecular flexibility index (Phi) is 6.41. The van der Waals surface area contributed by atoms with E-state index in [0.29, 0.717) is 13.2 Å². The molecule has 8 nitrogen and oxygen atoms in total. The molecule has 0 radical (unpaired) electrons. The van der Waals surface area contributed by atoms with Crippen LogP contribution in [-0.2, 0) is 14.3 Å². The molecule has 0 unspecified atom stereocenters. The number of carboxylic acid groups (broad SMARTS) is 1. The average Bonchev–Trinajstić information content (AvgIpc) is 3.19. The first-order chi connectivity index (χ1) is 9.88. The number of urea groups is 1. The normalized spacial score (nSPS) is 16.8. The Balaban J connectivity index is 2.33. The molecule has 120 valence electrons. The van der Waals surface area contributed by atoms with Crippen LogP contribution < -0.4 is 16.4 Å². The molecule has 0 bridgehead atoms. The number of hydrogen-bond acceptors (Lipinski definition) is 4. The summed E-state index contributed by atoms with van der Waals surface area (Å²) in [5, 5.41) is 14.0. The maximum absolute atomic E-state index is 11.7. The lowest BCUT2D eigenvalue weighted by atomic mass is 10.0. The summed E-state index contributed by atoms with van der Waals surface area (Å²) in [6, 6.07) is -1.66. The highest BCUT2D eigenvalue weighted by atomic mass is 16.5. The molecule has 0 saturated heterocycles. The molecule has 21 heavy (non-hydrogen) atoms. The van der Waals surface area contributed by atoms with Gasteiger partial charge in [-0.3, -0.25) is 4.79 Å². The Morgan fingerprint density at radius 1 is 1.38 bits per heavy atom. The number of nitrogens with two attached hydrogens (primary N) is 1. The van der Waals surface area contributed by atoms with E-state index in [1.807, 2.05) is 0 Å². The molecule has 0 aromatic carbocycles. The second-order valence-electron chi connectivity index (χ2n) is 5.47. The fraction of sp³-hybridized carbons (Fsp3) is 0.769. The lowest BCUT2D eigenvalue weighted by Gasteiger charge is -2.18. The van der Waals surface area contributed by atoms with Crippen molar-refractivity contribution in [1.29, 1.82) is 0 Å². The van der Waals surface area contributed by atoms with Gasteiger partial charge in [0.25, 0.3) is 0 Å². The summed E-state index contributed by atoms with van der Waals surface area (Å²) in [7, 11) is 1.63. The van der Waals surface area contributed by atoms with Crippen molar-refractivity contribution in [3.05, 3.63) is 0 Å². The molecule has 1 atom stereocenters. The first kappa shape index (κ1) is 17.2. The summed E-state index contributed by atoms with van der Waals surface area (Å²) >= 11 is 0. The zero-order valence-corrected chi connectivity index (χ0v) is 12.2. The summed E-state index contributed by atoms with van der Waals surface area (Å²) < 4.78 is 5.03. The van der Waals surface area contributed by atoms with Gasteiger partial charge in [-0.1, -0.05) is 0 Å². The van der Waals surface area contributed by atoms with Crippen LogP contribution in [0.5, 0.6) is 0 Å². The van der Waals surface area contributed by atoms with Gasteiger partial charge in [-0.2, -0.15) is 0 Å². The van der Waals surface area contributed by atoms with Crippen LogP contribution in [0.15, 0.2) is 0 Å². The van der Waals surface area contributed by atoms with Gasteiger partial charge in [-0.15, -0.1) is 0 Å². The molecule has 0 aromatic heterocycles. The van der Waals surface area contributed by atoms with Gasteiger partial charge in [-0.25, -0.2) is 9.59 Å². The Labute approximate surface area is 123 Å². The zero-order valence-electron chi connectivity index (χ0n) is 12.2. The van der Waals surface area contributed by atoms with Gasteiger partial charge >= 0.3 is 12.0 Å². The molecule has 1 fully saturated rings. The Morgan fingerprint density at radius 3 is 2.52 bits per heavy atom. The van der Waals surface area contributed by atoms with Crippen molar-refractivity contribution in [2.24, 2.45) is 11.1 Å². The summed E-state index contributed by atoms with van der Waals surface area (Å²) in [4.78, 5) is 33.4. The molecule has 3 amide bonds. The van der Waals surface area contributed by atoms with Crippen molar-refractivity contribution in [2.45, 2.75) is 38.1 Å². The molecule has 1 aliphatic carbocycles. The van der Waals surface area contributed by atoms with Crippen LogP contribution in [0.3, 0.4) is 0 Å². The summed E-state index contributed by atoms with van der Waals surface area (Å²) in [5.41, 5.74) is 5.05. The molecule has 1 aliphatic rings. The summed E-state index contributed by atoms with van der Waals surface area (Å²) in [5.74, 6) is -1.79. The van der Waals surface area contributed by atoms with Gasteiger partial charge in [0, 0.05) is 26.7 Å². The van der Waals surface area contributed by atoms with Gasteiger partial charge in [-0.05, 0) is 31.1 Å². The van der Waals surface area contributed by atoms with Gasteiger partial charge in [0.15, 0.2) is 0 Å². The molecule has 5 N–H and O–H groups in total. The van der Waals surface area contributed by atoms with Crippen molar-refractivity contribution in [1.82, 2.24) is 10.6 Å². The molecule has 0 heterocycles. The number of carbonyl (C=O) groups is 3. The van der Waals surface area contributed by atoms with E-state index < -0.39 is 23.9 Å². The van der Waals surface area contributed by atoms with Gasteiger partial charge in [0.05, 0.1) is 0 Å². The lowest BCUT2D eigenvalue weighted by Crippen LogP contribution is -2.47. The third kappa shape index (κ3) is 6.44. The van der Waals surface area contributed by atoms with E-state index in [-0.39, 0.29) is 18.3 Å². The number of hydrogen-bond donors (Lipinski definition) is 4. The third-order valence-electron chi connectivity index (χ3n) is 3.70. The first-order valence-electron chi connectivity index (χ1n) is 6.93. The van der Waals surface area contributed by atoms with Crippen LogP contribution in [0.4, 0.5) is 4.79 Å². The van der Waals surface area contributed by atoms with Crippen LogP contribution in [0.1, 0.15) is 32.1 Å². The van der Waals surface area contributed by atoms with Crippen LogP contribution in [0.2, 0.25) is 0 Å². The lowest BCUT2D eigenvalue weighted by molar-refractivity contribution is -0.139. The second-order valence-corrected chi connectivity index (χ2v) is 5.47. The van der Waals surface area contributed by atoms with Gasteiger partial charge in [0.1, 0.15) is 6.04 Å². The van der Waals surface area contributed by atoms with Gasteiger partial charge < -0.3 is 26.2 Å². The molecular weight excluding hydrogens is 278 g/mol. The minimum atomic E-state index is -1.19. The Morgan fingerprint density at radius 2 is 2.05 bits per heavy atom. The van der Waals surface area contributed by atoms with Crippen LogP contribution >= 0.6 is 0 Å². The number of methoxy groups -OCH3 is 1. The smallest absolute Gasteiger partial charge is 0.326 e. The van der Waals surface area contributed by atoms with Crippen molar-refractivity contribution in [2.75, 3.05) is 20.3 Å². The average molecular weight is 301 g/mol. The fourth-order valence-corrected chi connectivity index (χ4v) is 2.03. The van der Waals surface area contributed by atoms with E-state index in [9.17, 15) is 14.4 Å². The van der Waals surface area contributed by atoms with Crippen molar-refractivity contribution < 1.29 is 24.2 Å². The Hall–Kier alpha value is -1.83. The highest BCUT2D eigenvalue weighted by Crippen LogP contribution is 2.48. The van der Waals surface area contributed by atoms with Crippen molar-refractivity contribution in [3.63, 3.8) is 0 Å². The maximum Gasteiger partial charge on any atom is 0.326 e. The molecule has 1 rings (SSSR count). The molecule has 0 spiro atoms. The second kappa shape index (κ2) is 7.82. The van der Waals surface area contributed by atoms with Crippen LogP contribution in [-0.4, -0.2) is 49.3 Å². The number of ether oxygens (including phenoxy) is 1. The number of rotatable bonds is 10. The van der Waals surface area contributed by atoms with Crippen LogP contribution in [0, 0.1) is 5.41 Å². The fourth-order valence-electron chi connectivity index (χ4n) is 2.03. The molecule has 8 heteroatoms. The number of nitrogens with one attached hydrogen (secondary N) is 2. The van der Waals surface area contributed by atoms with E-state index in [4.69, 9.17) is 15.6 Å². The molecular formula is C13H23N3O5. The van der Waals surface area contributed by atoms with Crippen molar-refractivity contribution in [3.8, 4) is 0 Å². The summed E-state index contributed by atoms with van der Waals surface area (Å²) in [6.07, 6.45) is 2.82. The number of carbonyl (C=O) groups excluding carboxylic acids is 2. The SMILES string of the molecule is COCCC1(CNC(=O)N[C@@H](CCC(N)=O)C(=O)O)CC1. The monoisotopic (exact) mass is 301 g/mol. The number of primary amides is 1. The third-order valence-corrected chi connectivity index (χ3v) is 3.70. The highest BCUT2D eigenvalue weighted by molar-refractivity contribution is 5.83. The van der Waals surface area contributed by atoms with E-state index in [1.54, 1.807) is 7.11 Å². The van der Waals surface area contributed by atoms with Crippen molar-refractivity contribution >= 4 is 17.9 Å². The predicted octanol–water partition coefficient (Wildman–Crippen LogP) is -0.179. The maximum atomic E-state index is 11.7. The minimum absolute atomic E-state index is 0.0209.